The molecule has 0 saturated carbocycles. The highest BCUT2D eigenvalue weighted by Gasteiger charge is 2.23. The predicted octanol–water partition coefficient (Wildman–Crippen LogP) is 1.37. The van der Waals surface area contributed by atoms with Crippen molar-refractivity contribution in [1.29, 1.82) is 0 Å². The number of aromatic nitrogens is 2. The fourth-order valence-electron chi connectivity index (χ4n) is 2.50. The summed E-state index contributed by atoms with van der Waals surface area (Å²) in [5.41, 5.74) is 2.97. The average molecular weight is 334 g/mol. The van der Waals surface area contributed by atoms with Gasteiger partial charge < -0.3 is 9.88 Å². The molecule has 122 valence electrons. The first-order valence-corrected chi connectivity index (χ1v) is 9.04. The van der Waals surface area contributed by atoms with Crippen LogP contribution in [-0.2, 0) is 23.0 Å². The van der Waals surface area contributed by atoms with Crippen molar-refractivity contribution >= 4 is 21.6 Å². The summed E-state index contributed by atoms with van der Waals surface area (Å²) < 4.78 is 25.5. The molecule has 0 aliphatic carbocycles. The minimum Gasteiger partial charge on any atom is -0.347 e. The zero-order valence-electron chi connectivity index (χ0n) is 12.7. The van der Waals surface area contributed by atoms with E-state index in [1.807, 2.05) is 0 Å². The van der Waals surface area contributed by atoms with Gasteiger partial charge in [-0.15, -0.1) is 0 Å². The number of fused-ring (bicyclic) bond motifs is 1. The van der Waals surface area contributed by atoms with Gasteiger partial charge in [0, 0.05) is 24.2 Å². The minimum absolute atomic E-state index is 0.00791. The number of H-pyrrole nitrogens is 1. The van der Waals surface area contributed by atoms with Crippen molar-refractivity contribution in [3.8, 4) is 0 Å². The van der Waals surface area contributed by atoms with Crippen molar-refractivity contribution in [3.63, 3.8) is 0 Å². The van der Waals surface area contributed by atoms with Crippen LogP contribution in [0.3, 0.4) is 0 Å². The molecule has 1 aromatic carbocycles. The molecule has 2 aromatic rings. The van der Waals surface area contributed by atoms with Crippen molar-refractivity contribution in [3.05, 3.63) is 47.5 Å². The van der Waals surface area contributed by atoms with Gasteiger partial charge in [0.1, 0.15) is 0 Å². The highest BCUT2D eigenvalue weighted by atomic mass is 32.2. The molecule has 2 heterocycles. The fraction of sp³-hybridized carbons (Fsp3) is 0.333. The quantitative estimate of drug-likeness (QED) is 0.883. The van der Waals surface area contributed by atoms with Gasteiger partial charge in [-0.05, 0) is 31.2 Å². The Kier molecular flexibility index (Phi) is 4.08. The normalized spacial score (nSPS) is 14.4. The molecule has 0 radical (unpaired) electrons. The average Bonchev–Trinajstić information content (AvgIpc) is 3.02. The van der Waals surface area contributed by atoms with Gasteiger partial charge >= 0.3 is 0 Å². The molecule has 1 amide bonds. The largest absolute Gasteiger partial charge is 0.347 e. The third-order valence-corrected chi connectivity index (χ3v) is 5.15. The summed E-state index contributed by atoms with van der Waals surface area (Å²) in [4.78, 5) is 21.6. The molecule has 0 saturated heterocycles. The Morgan fingerprint density at radius 2 is 2.09 bits per heavy atom. The number of nitrogens with one attached hydrogen (secondary N) is 2. The van der Waals surface area contributed by atoms with E-state index in [1.165, 1.54) is 0 Å². The molecule has 7 nitrogen and oxygen atoms in total. The Hall–Kier alpha value is -2.35. The molecule has 1 aromatic heterocycles. The number of carbonyl (C=O) groups excluding carboxylic acids is 1. The molecule has 0 atom stereocenters. The second-order valence-electron chi connectivity index (χ2n) is 5.39. The van der Waals surface area contributed by atoms with Crippen LogP contribution >= 0.6 is 0 Å². The number of nitrogens with zero attached hydrogens (tertiary/aromatic N) is 2. The summed E-state index contributed by atoms with van der Waals surface area (Å²) in [6.45, 7) is 2.71. The molecule has 0 bridgehead atoms. The van der Waals surface area contributed by atoms with Crippen LogP contribution in [0.5, 0.6) is 0 Å². The lowest BCUT2D eigenvalue weighted by molar-refractivity contribution is 0.0732. The monoisotopic (exact) mass is 334 g/mol. The van der Waals surface area contributed by atoms with E-state index < -0.39 is 10.0 Å². The van der Waals surface area contributed by atoms with Gasteiger partial charge in [-0.2, -0.15) is 0 Å². The molecule has 0 unspecified atom stereocenters. The SMILES string of the molecule is CCS(=O)(=O)Nc1ccc(C(=O)N2CCc3nc[nH]c3C2)cc1. The van der Waals surface area contributed by atoms with Crippen molar-refractivity contribution in [2.45, 2.75) is 19.9 Å². The number of benzene rings is 1. The van der Waals surface area contributed by atoms with Crippen LogP contribution < -0.4 is 4.72 Å². The Labute approximate surface area is 134 Å². The molecule has 2 N–H and O–H groups in total. The predicted molar refractivity (Wildman–Crippen MR) is 86.6 cm³/mol. The fourth-order valence-corrected chi connectivity index (χ4v) is 3.14. The summed E-state index contributed by atoms with van der Waals surface area (Å²) in [7, 11) is -3.31. The summed E-state index contributed by atoms with van der Waals surface area (Å²) in [6.07, 6.45) is 2.38. The van der Waals surface area contributed by atoms with E-state index in [1.54, 1.807) is 42.4 Å². The summed E-state index contributed by atoms with van der Waals surface area (Å²) >= 11 is 0. The Morgan fingerprint density at radius 3 is 2.78 bits per heavy atom. The summed E-state index contributed by atoms with van der Waals surface area (Å²) in [5, 5.41) is 0. The van der Waals surface area contributed by atoms with Gasteiger partial charge in [0.25, 0.3) is 5.91 Å². The molecular weight excluding hydrogens is 316 g/mol. The molecule has 0 spiro atoms. The maximum Gasteiger partial charge on any atom is 0.254 e. The third-order valence-electron chi connectivity index (χ3n) is 3.85. The number of anilines is 1. The Balaban J connectivity index is 1.71. The highest BCUT2D eigenvalue weighted by Crippen LogP contribution is 2.19. The number of carbonyl (C=O) groups is 1. The summed E-state index contributed by atoms with van der Waals surface area (Å²) in [6, 6.07) is 6.48. The van der Waals surface area contributed by atoms with Gasteiger partial charge in [-0.1, -0.05) is 0 Å². The van der Waals surface area contributed by atoms with Crippen LogP contribution in [-0.4, -0.2) is 41.5 Å². The lowest BCUT2D eigenvalue weighted by Gasteiger charge is -2.26. The number of amides is 1. The molecular formula is C15H18N4O3S. The minimum atomic E-state index is -3.31. The lowest BCUT2D eigenvalue weighted by Crippen LogP contribution is -2.36. The number of sulfonamides is 1. The van der Waals surface area contributed by atoms with Gasteiger partial charge in [-0.3, -0.25) is 9.52 Å². The molecule has 23 heavy (non-hydrogen) atoms. The first kappa shape index (κ1) is 15.5. The lowest BCUT2D eigenvalue weighted by atomic mass is 10.1. The van der Waals surface area contributed by atoms with Crippen LogP contribution in [0.15, 0.2) is 30.6 Å². The van der Waals surface area contributed by atoms with Crippen LogP contribution in [0.4, 0.5) is 5.69 Å². The first-order chi connectivity index (χ1) is 11.0. The molecule has 0 fully saturated rings. The molecule has 1 aliphatic heterocycles. The van der Waals surface area contributed by atoms with Crippen LogP contribution in [0.2, 0.25) is 0 Å². The maximum absolute atomic E-state index is 12.5. The van der Waals surface area contributed by atoms with Crippen molar-refractivity contribution in [2.24, 2.45) is 0 Å². The number of rotatable bonds is 4. The number of aromatic amines is 1. The van der Waals surface area contributed by atoms with Crippen molar-refractivity contribution < 1.29 is 13.2 Å². The molecule has 3 rings (SSSR count). The van der Waals surface area contributed by atoms with Gasteiger partial charge in [0.2, 0.25) is 10.0 Å². The van der Waals surface area contributed by atoms with E-state index in [2.05, 4.69) is 14.7 Å². The third kappa shape index (κ3) is 3.37. The molecule has 8 heteroatoms. The standard InChI is InChI=1S/C15H18N4O3S/c1-2-23(21,22)18-12-5-3-11(4-6-12)15(20)19-8-7-13-14(9-19)17-10-16-13/h3-6,10,18H,2,7-9H2,1H3,(H,16,17). The van der Waals surface area contributed by atoms with E-state index in [-0.39, 0.29) is 11.7 Å². The second-order valence-corrected chi connectivity index (χ2v) is 7.40. The zero-order valence-corrected chi connectivity index (χ0v) is 13.6. The number of hydrogen-bond acceptors (Lipinski definition) is 4. The van der Waals surface area contributed by atoms with Gasteiger partial charge in [-0.25, -0.2) is 13.4 Å². The van der Waals surface area contributed by atoms with Gasteiger partial charge in [0.05, 0.1) is 30.0 Å². The summed E-state index contributed by atoms with van der Waals surface area (Å²) in [5.74, 6) is -0.0660. The van der Waals surface area contributed by atoms with Crippen LogP contribution in [0, 0.1) is 0 Å². The van der Waals surface area contributed by atoms with Crippen LogP contribution in [0.25, 0.3) is 0 Å². The first-order valence-electron chi connectivity index (χ1n) is 7.39. The second kappa shape index (κ2) is 6.04. The Morgan fingerprint density at radius 1 is 1.35 bits per heavy atom. The van der Waals surface area contributed by atoms with E-state index in [9.17, 15) is 13.2 Å². The van der Waals surface area contributed by atoms with Crippen LogP contribution in [0.1, 0.15) is 28.7 Å². The van der Waals surface area contributed by atoms with Crippen molar-refractivity contribution in [2.75, 3.05) is 17.0 Å². The van der Waals surface area contributed by atoms with E-state index >= 15 is 0 Å². The maximum atomic E-state index is 12.5. The Bertz CT molecular complexity index is 812. The zero-order chi connectivity index (χ0) is 16.4. The van der Waals surface area contributed by atoms with Crippen molar-refractivity contribution in [1.82, 2.24) is 14.9 Å². The highest BCUT2D eigenvalue weighted by molar-refractivity contribution is 7.92. The molecule has 1 aliphatic rings. The van der Waals surface area contributed by atoms with Gasteiger partial charge in [0.15, 0.2) is 0 Å². The number of imidazole rings is 1. The van der Waals surface area contributed by atoms with E-state index in [0.717, 1.165) is 17.8 Å². The van der Waals surface area contributed by atoms with E-state index in [4.69, 9.17) is 0 Å². The number of hydrogen-bond donors (Lipinski definition) is 2. The topological polar surface area (TPSA) is 95.2 Å². The smallest absolute Gasteiger partial charge is 0.254 e. The van der Waals surface area contributed by atoms with E-state index in [0.29, 0.717) is 24.3 Å².